The van der Waals surface area contributed by atoms with Crippen LogP contribution in [0.3, 0.4) is 0 Å². The number of hydrogen-bond acceptors (Lipinski definition) is 5. The maximum Gasteiger partial charge on any atom is 0.200 e. The number of likely N-dealkylation sites (tertiary alicyclic amines) is 1. The molecule has 6 nitrogen and oxygen atoms in total. The summed E-state index contributed by atoms with van der Waals surface area (Å²) in [5.74, 6) is 0.653. The minimum atomic E-state index is 0.653. The van der Waals surface area contributed by atoms with E-state index >= 15 is 0 Å². The lowest BCUT2D eigenvalue weighted by Crippen LogP contribution is -2.23. The zero-order chi connectivity index (χ0) is 17.2. The maximum absolute atomic E-state index is 4.39. The van der Waals surface area contributed by atoms with Gasteiger partial charge in [-0.2, -0.15) is 9.61 Å². The average molecular weight is 336 g/mol. The number of aryl methyl sites for hydroxylation is 2. The summed E-state index contributed by atoms with van der Waals surface area (Å²) >= 11 is 0. The van der Waals surface area contributed by atoms with Crippen molar-refractivity contribution in [2.75, 3.05) is 25.0 Å². The molecule has 3 aromatic rings. The highest BCUT2D eigenvalue weighted by atomic mass is 15.3. The molecule has 1 fully saturated rings. The van der Waals surface area contributed by atoms with E-state index in [4.69, 9.17) is 0 Å². The fraction of sp³-hybridized carbons (Fsp3) is 0.421. The molecule has 1 aromatic carbocycles. The number of benzene rings is 1. The number of rotatable bonds is 5. The van der Waals surface area contributed by atoms with Crippen LogP contribution in [0.2, 0.25) is 0 Å². The molecule has 0 saturated carbocycles. The van der Waals surface area contributed by atoms with E-state index in [1.54, 1.807) is 10.8 Å². The fourth-order valence-electron chi connectivity index (χ4n) is 3.59. The number of anilines is 1. The number of nitrogens with one attached hydrogen (secondary N) is 1. The zero-order valence-corrected chi connectivity index (χ0v) is 14.8. The van der Waals surface area contributed by atoms with E-state index < -0.39 is 0 Å². The Morgan fingerprint density at radius 3 is 3.00 bits per heavy atom. The fourth-order valence-corrected chi connectivity index (χ4v) is 3.59. The van der Waals surface area contributed by atoms with Crippen LogP contribution in [0.25, 0.3) is 5.65 Å². The van der Waals surface area contributed by atoms with E-state index in [0.717, 1.165) is 43.2 Å². The largest absolute Gasteiger partial charge is 0.382 e. The summed E-state index contributed by atoms with van der Waals surface area (Å²) in [5, 5.41) is 16.1. The van der Waals surface area contributed by atoms with Gasteiger partial charge >= 0.3 is 0 Å². The standard InChI is InChI=1S/C19H24N6/c1-14-5-3-4-6-17(14)12-24-8-7-16(11-24)10-20-18-9-15(2)23-25-13-21-22-19(18)25/h3-6,9,13,16,20H,7-8,10-12H2,1-2H3. The van der Waals surface area contributed by atoms with Gasteiger partial charge in [0.2, 0.25) is 5.65 Å². The molecule has 1 aliphatic rings. The first-order valence-electron chi connectivity index (χ1n) is 8.87. The van der Waals surface area contributed by atoms with Gasteiger partial charge in [0.1, 0.15) is 6.33 Å². The van der Waals surface area contributed by atoms with Crippen LogP contribution in [0.5, 0.6) is 0 Å². The summed E-state index contributed by atoms with van der Waals surface area (Å²) in [7, 11) is 0. The Balaban J connectivity index is 1.36. The molecule has 1 aliphatic heterocycles. The minimum absolute atomic E-state index is 0.653. The van der Waals surface area contributed by atoms with Gasteiger partial charge in [0.25, 0.3) is 0 Å². The van der Waals surface area contributed by atoms with Crippen LogP contribution in [0.15, 0.2) is 36.7 Å². The van der Waals surface area contributed by atoms with E-state index in [1.807, 2.05) is 13.0 Å². The molecule has 0 bridgehead atoms. The van der Waals surface area contributed by atoms with E-state index in [0.29, 0.717) is 5.92 Å². The number of hydrogen-bond donors (Lipinski definition) is 1. The third-order valence-electron chi connectivity index (χ3n) is 5.00. The van der Waals surface area contributed by atoms with Crippen LogP contribution in [0, 0.1) is 19.8 Å². The quantitative estimate of drug-likeness (QED) is 0.776. The van der Waals surface area contributed by atoms with Gasteiger partial charge in [0, 0.05) is 19.6 Å². The second kappa shape index (κ2) is 6.80. The van der Waals surface area contributed by atoms with Crippen molar-refractivity contribution in [3.63, 3.8) is 0 Å². The summed E-state index contributed by atoms with van der Waals surface area (Å²) in [6.45, 7) is 8.48. The highest BCUT2D eigenvalue weighted by molar-refractivity contribution is 5.66. The first-order chi connectivity index (χ1) is 12.2. The van der Waals surface area contributed by atoms with Gasteiger partial charge in [-0.25, -0.2) is 0 Å². The van der Waals surface area contributed by atoms with Crippen molar-refractivity contribution in [1.29, 1.82) is 0 Å². The average Bonchev–Trinajstić information content (AvgIpc) is 3.24. The molecule has 1 unspecified atom stereocenters. The van der Waals surface area contributed by atoms with Gasteiger partial charge in [-0.15, -0.1) is 10.2 Å². The molecule has 1 atom stereocenters. The Morgan fingerprint density at radius 2 is 2.12 bits per heavy atom. The first kappa shape index (κ1) is 16.0. The summed E-state index contributed by atoms with van der Waals surface area (Å²) in [6.07, 6.45) is 2.87. The molecular weight excluding hydrogens is 312 g/mol. The van der Waals surface area contributed by atoms with Crippen molar-refractivity contribution in [3.05, 3.63) is 53.5 Å². The van der Waals surface area contributed by atoms with Crippen molar-refractivity contribution in [1.82, 2.24) is 24.7 Å². The second-order valence-corrected chi connectivity index (χ2v) is 7.00. The van der Waals surface area contributed by atoms with Crippen molar-refractivity contribution in [3.8, 4) is 0 Å². The Labute approximate surface area is 147 Å². The lowest BCUT2D eigenvalue weighted by Gasteiger charge is -2.18. The monoisotopic (exact) mass is 336 g/mol. The van der Waals surface area contributed by atoms with Crippen molar-refractivity contribution in [2.24, 2.45) is 5.92 Å². The molecule has 0 spiro atoms. The predicted octanol–water partition coefficient (Wildman–Crippen LogP) is 2.68. The molecule has 0 radical (unpaired) electrons. The molecule has 0 aliphatic carbocycles. The van der Waals surface area contributed by atoms with Gasteiger partial charge in [0.05, 0.1) is 11.4 Å². The van der Waals surface area contributed by atoms with Crippen molar-refractivity contribution < 1.29 is 0 Å². The molecule has 0 amide bonds. The third-order valence-corrected chi connectivity index (χ3v) is 5.00. The van der Waals surface area contributed by atoms with E-state index in [9.17, 15) is 0 Å². The van der Waals surface area contributed by atoms with Crippen LogP contribution in [0.4, 0.5) is 5.69 Å². The van der Waals surface area contributed by atoms with Gasteiger partial charge in [0.15, 0.2) is 0 Å². The lowest BCUT2D eigenvalue weighted by atomic mass is 10.1. The first-order valence-corrected chi connectivity index (χ1v) is 8.87. The molecule has 3 heterocycles. The molecule has 6 heteroatoms. The molecule has 4 rings (SSSR count). The van der Waals surface area contributed by atoms with E-state index in [1.165, 1.54) is 17.5 Å². The van der Waals surface area contributed by atoms with Crippen LogP contribution in [0.1, 0.15) is 23.2 Å². The van der Waals surface area contributed by atoms with E-state index in [2.05, 4.69) is 56.7 Å². The Morgan fingerprint density at radius 1 is 1.24 bits per heavy atom. The summed E-state index contributed by atoms with van der Waals surface area (Å²) in [6, 6.07) is 10.7. The number of aromatic nitrogens is 4. The van der Waals surface area contributed by atoms with Crippen LogP contribution in [-0.4, -0.2) is 44.3 Å². The minimum Gasteiger partial charge on any atom is -0.382 e. The summed E-state index contributed by atoms with van der Waals surface area (Å²) in [4.78, 5) is 2.55. The lowest BCUT2D eigenvalue weighted by molar-refractivity contribution is 0.318. The Bertz CT molecular complexity index is 871. The molecule has 1 N–H and O–H groups in total. The van der Waals surface area contributed by atoms with Crippen molar-refractivity contribution in [2.45, 2.75) is 26.8 Å². The molecule has 25 heavy (non-hydrogen) atoms. The molecular formula is C19H24N6. The SMILES string of the molecule is Cc1cc(NCC2CCN(Cc3ccccc3C)C2)c2nncn2n1. The normalized spacial score (nSPS) is 18.1. The highest BCUT2D eigenvalue weighted by Gasteiger charge is 2.23. The van der Waals surface area contributed by atoms with E-state index in [-0.39, 0.29) is 0 Å². The van der Waals surface area contributed by atoms with Gasteiger partial charge in [-0.05, 0) is 49.9 Å². The Kier molecular flexibility index (Phi) is 4.36. The molecule has 1 saturated heterocycles. The van der Waals surface area contributed by atoms with Crippen LogP contribution < -0.4 is 5.32 Å². The summed E-state index contributed by atoms with van der Waals surface area (Å²) < 4.78 is 1.73. The molecule has 2 aromatic heterocycles. The Hall–Kier alpha value is -2.47. The highest BCUT2D eigenvalue weighted by Crippen LogP contribution is 2.22. The summed E-state index contributed by atoms with van der Waals surface area (Å²) in [5.41, 5.74) is 5.58. The predicted molar refractivity (Wildman–Crippen MR) is 98.6 cm³/mol. The smallest absolute Gasteiger partial charge is 0.200 e. The molecule has 130 valence electrons. The van der Waals surface area contributed by atoms with Gasteiger partial charge in [-0.3, -0.25) is 4.90 Å². The van der Waals surface area contributed by atoms with Crippen LogP contribution >= 0.6 is 0 Å². The second-order valence-electron chi connectivity index (χ2n) is 7.00. The number of nitrogens with zero attached hydrogens (tertiary/aromatic N) is 5. The van der Waals surface area contributed by atoms with Crippen molar-refractivity contribution >= 4 is 11.3 Å². The maximum atomic E-state index is 4.39. The number of fused-ring (bicyclic) bond motifs is 1. The van der Waals surface area contributed by atoms with Gasteiger partial charge < -0.3 is 5.32 Å². The van der Waals surface area contributed by atoms with Crippen LogP contribution in [-0.2, 0) is 6.54 Å². The topological polar surface area (TPSA) is 58.3 Å². The zero-order valence-electron chi connectivity index (χ0n) is 14.8. The van der Waals surface area contributed by atoms with Gasteiger partial charge in [-0.1, -0.05) is 24.3 Å². The third kappa shape index (κ3) is 3.49.